The molecule has 0 saturated carbocycles. The third-order valence-electron chi connectivity index (χ3n) is 1.50. The van der Waals surface area contributed by atoms with Gasteiger partial charge in [-0.2, -0.15) is 5.10 Å². The maximum Gasteiger partial charge on any atom is 0.265 e. The minimum atomic E-state index is -0.605. The van der Waals surface area contributed by atoms with Crippen LogP contribution in [-0.4, -0.2) is 23.8 Å². The van der Waals surface area contributed by atoms with Crippen LogP contribution in [-0.2, 0) is 4.79 Å². The normalized spacial score (nSPS) is 10.6. The van der Waals surface area contributed by atoms with E-state index >= 15 is 0 Å². The molecule has 1 aromatic carbocycles. The second kappa shape index (κ2) is 5.70. The third kappa shape index (κ3) is 3.87. The summed E-state index contributed by atoms with van der Waals surface area (Å²) in [7, 11) is 0. The number of hydrogen-bond acceptors (Lipinski definition) is 3. The van der Waals surface area contributed by atoms with Crippen molar-refractivity contribution in [3.63, 3.8) is 0 Å². The summed E-state index contributed by atoms with van der Waals surface area (Å²) in [5, 5.41) is 12.9. The summed E-state index contributed by atoms with van der Waals surface area (Å²) in [6.07, 6.45) is 1.37. The van der Waals surface area contributed by atoms with Crippen molar-refractivity contribution in [1.82, 2.24) is 5.43 Å². The third-order valence-corrected chi connectivity index (χ3v) is 2.06. The lowest BCUT2D eigenvalue weighted by Crippen LogP contribution is -2.20. The number of hydrazone groups is 1. The van der Waals surface area contributed by atoms with E-state index in [4.69, 9.17) is 28.3 Å². The molecule has 0 unspecified atom stereocenters. The molecule has 80 valence electrons. The summed E-state index contributed by atoms with van der Waals surface area (Å²) in [5.74, 6) is -0.587. The molecule has 0 fully saturated rings. The molecule has 4 nitrogen and oxygen atoms in total. The highest BCUT2D eigenvalue weighted by molar-refractivity contribution is 6.36. The number of nitrogens with one attached hydrogen (secondary N) is 1. The number of aliphatic hydroxyl groups excluding tert-OH is 1. The molecule has 0 aliphatic carbocycles. The summed E-state index contributed by atoms with van der Waals surface area (Å²) in [4.78, 5) is 10.6. The van der Waals surface area contributed by atoms with Gasteiger partial charge in [0.25, 0.3) is 5.91 Å². The summed E-state index contributed by atoms with van der Waals surface area (Å²) in [6, 6.07) is 4.89. The van der Waals surface area contributed by atoms with Gasteiger partial charge in [-0.3, -0.25) is 4.79 Å². The largest absolute Gasteiger partial charge is 0.386 e. The molecule has 2 N–H and O–H groups in total. The number of carbonyl (C=O) groups is 1. The molecule has 1 amide bonds. The van der Waals surface area contributed by atoms with Crippen molar-refractivity contribution in [2.24, 2.45) is 5.10 Å². The molecule has 15 heavy (non-hydrogen) atoms. The van der Waals surface area contributed by atoms with Crippen LogP contribution in [0.1, 0.15) is 5.56 Å². The lowest BCUT2D eigenvalue weighted by molar-refractivity contribution is -0.123. The van der Waals surface area contributed by atoms with Crippen LogP contribution in [0.2, 0.25) is 10.0 Å². The smallest absolute Gasteiger partial charge is 0.265 e. The van der Waals surface area contributed by atoms with Crippen LogP contribution in [0.15, 0.2) is 23.3 Å². The Hall–Kier alpha value is -1.10. The van der Waals surface area contributed by atoms with Crippen molar-refractivity contribution in [1.29, 1.82) is 0 Å². The van der Waals surface area contributed by atoms with Crippen molar-refractivity contribution in [3.8, 4) is 0 Å². The molecule has 0 heterocycles. The van der Waals surface area contributed by atoms with E-state index < -0.39 is 12.5 Å². The topological polar surface area (TPSA) is 61.7 Å². The van der Waals surface area contributed by atoms with Gasteiger partial charge in [-0.1, -0.05) is 29.3 Å². The maximum atomic E-state index is 10.6. The molecule has 0 aromatic heterocycles. The first-order valence-electron chi connectivity index (χ1n) is 4.01. The fraction of sp³-hybridized carbons (Fsp3) is 0.111. The Morgan fingerprint density at radius 3 is 2.87 bits per heavy atom. The number of hydrogen-bond donors (Lipinski definition) is 2. The maximum absolute atomic E-state index is 10.6. The van der Waals surface area contributed by atoms with Gasteiger partial charge in [-0.05, 0) is 12.1 Å². The predicted molar refractivity (Wildman–Crippen MR) is 59.3 cm³/mol. The fourth-order valence-corrected chi connectivity index (χ4v) is 1.27. The van der Waals surface area contributed by atoms with Crippen LogP contribution in [0, 0.1) is 0 Å². The molecule has 0 aliphatic heterocycles. The fourth-order valence-electron chi connectivity index (χ4n) is 0.815. The molecule has 0 radical (unpaired) electrons. The first-order valence-corrected chi connectivity index (χ1v) is 4.77. The van der Waals surface area contributed by atoms with Crippen molar-refractivity contribution in [3.05, 3.63) is 33.8 Å². The zero-order valence-corrected chi connectivity index (χ0v) is 9.09. The second-order valence-corrected chi connectivity index (χ2v) is 3.46. The average Bonchev–Trinajstić information content (AvgIpc) is 2.21. The van der Waals surface area contributed by atoms with Crippen LogP contribution >= 0.6 is 23.2 Å². The Kier molecular flexibility index (Phi) is 4.55. The van der Waals surface area contributed by atoms with E-state index in [0.29, 0.717) is 15.6 Å². The molecule has 1 rings (SSSR count). The standard InChI is InChI=1S/C9H8Cl2N2O2/c10-7-2-1-6(8(11)3-7)4-12-13-9(15)5-14/h1-4,14H,5H2,(H,13,15)/b12-4-. The molecule has 0 saturated heterocycles. The predicted octanol–water partition coefficient (Wildman–Crippen LogP) is 1.44. The van der Waals surface area contributed by atoms with E-state index in [-0.39, 0.29) is 0 Å². The SMILES string of the molecule is O=C(CO)N/N=C\c1ccc(Cl)cc1Cl. The van der Waals surface area contributed by atoms with Crippen LogP contribution in [0.5, 0.6) is 0 Å². The van der Waals surface area contributed by atoms with Gasteiger partial charge in [-0.15, -0.1) is 0 Å². The number of aliphatic hydroxyl groups is 1. The van der Waals surface area contributed by atoms with E-state index in [0.717, 1.165) is 0 Å². The average molecular weight is 247 g/mol. The van der Waals surface area contributed by atoms with Crippen LogP contribution in [0.4, 0.5) is 0 Å². The Balaban J connectivity index is 2.68. The molecule has 6 heteroatoms. The molecular formula is C9H8Cl2N2O2. The Morgan fingerprint density at radius 1 is 1.53 bits per heavy atom. The first kappa shape index (κ1) is 12.0. The lowest BCUT2D eigenvalue weighted by atomic mass is 10.2. The lowest BCUT2D eigenvalue weighted by Gasteiger charge is -1.98. The summed E-state index contributed by atoms with van der Waals surface area (Å²) < 4.78 is 0. The van der Waals surface area contributed by atoms with Crippen LogP contribution < -0.4 is 5.43 Å². The zero-order valence-electron chi connectivity index (χ0n) is 7.58. The number of halogens is 2. The Bertz CT molecular complexity index is 394. The molecule has 0 spiro atoms. The number of amides is 1. The minimum absolute atomic E-state index is 0.435. The van der Waals surface area contributed by atoms with Gasteiger partial charge < -0.3 is 5.11 Å². The van der Waals surface area contributed by atoms with Gasteiger partial charge in [-0.25, -0.2) is 5.43 Å². The number of carbonyl (C=O) groups excluding carboxylic acids is 1. The highest BCUT2D eigenvalue weighted by atomic mass is 35.5. The van der Waals surface area contributed by atoms with E-state index in [1.807, 2.05) is 0 Å². The minimum Gasteiger partial charge on any atom is -0.386 e. The van der Waals surface area contributed by atoms with Gasteiger partial charge in [0.15, 0.2) is 0 Å². The first-order chi connectivity index (χ1) is 7.13. The van der Waals surface area contributed by atoms with E-state index in [2.05, 4.69) is 10.5 Å². The molecule has 0 aliphatic rings. The van der Waals surface area contributed by atoms with E-state index in [1.54, 1.807) is 18.2 Å². The quantitative estimate of drug-likeness (QED) is 0.627. The summed E-state index contributed by atoms with van der Waals surface area (Å²) in [5.41, 5.74) is 2.74. The highest BCUT2D eigenvalue weighted by Crippen LogP contribution is 2.19. The summed E-state index contributed by atoms with van der Waals surface area (Å²) in [6.45, 7) is -0.605. The van der Waals surface area contributed by atoms with Crippen molar-refractivity contribution in [2.45, 2.75) is 0 Å². The van der Waals surface area contributed by atoms with Crippen molar-refractivity contribution < 1.29 is 9.90 Å². The van der Waals surface area contributed by atoms with Crippen LogP contribution in [0.3, 0.4) is 0 Å². The van der Waals surface area contributed by atoms with Gasteiger partial charge in [0.05, 0.1) is 11.2 Å². The Morgan fingerprint density at radius 2 is 2.27 bits per heavy atom. The molecule has 0 bridgehead atoms. The number of rotatable bonds is 3. The zero-order chi connectivity index (χ0) is 11.3. The monoisotopic (exact) mass is 246 g/mol. The van der Waals surface area contributed by atoms with Crippen molar-refractivity contribution >= 4 is 35.3 Å². The molecular weight excluding hydrogens is 239 g/mol. The van der Waals surface area contributed by atoms with Gasteiger partial charge in [0.1, 0.15) is 6.61 Å². The Labute approximate surface area is 96.5 Å². The second-order valence-electron chi connectivity index (χ2n) is 2.62. The van der Waals surface area contributed by atoms with E-state index in [1.165, 1.54) is 6.21 Å². The summed E-state index contributed by atoms with van der Waals surface area (Å²) >= 11 is 11.5. The van der Waals surface area contributed by atoms with Crippen LogP contribution in [0.25, 0.3) is 0 Å². The van der Waals surface area contributed by atoms with Crippen molar-refractivity contribution in [2.75, 3.05) is 6.61 Å². The van der Waals surface area contributed by atoms with Gasteiger partial charge in [0.2, 0.25) is 0 Å². The molecule has 1 aromatic rings. The highest BCUT2D eigenvalue weighted by Gasteiger charge is 1.98. The number of nitrogens with zero attached hydrogens (tertiary/aromatic N) is 1. The number of benzene rings is 1. The van der Waals surface area contributed by atoms with Gasteiger partial charge in [0, 0.05) is 10.6 Å². The van der Waals surface area contributed by atoms with Gasteiger partial charge >= 0.3 is 0 Å². The van der Waals surface area contributed by atoms with E-state index in [9.17, 15) is 4.79 Å². The molecule has 0 atom stereocenters.